The molecule has 0 aliphatic carbocycles. The Balaban J connectivity index is 2.57. The Kier molecular flexibility index (Phi) is 4.68. The minimum atomic E-state index is -4.11. The summed E-state index contributed by atoms with van der Waals surface area (Å²) in [6.45, 7) is 0. The molecule has 134 valence electrons. The van der Waals surface area contributed by atoms with Crippen molar-refractivity contribution < 1.29 is 16.8 Å². The van der Waals surface area contributed by atoms with Gasteiger partial charge >= 0.3 is 0 Å². The van der Waals surface area contributed by atoms with Gasteiger partial charge in [-0.15, -0.1) is 0 Å². The Labute approximate surface area is 152 Å². The summed E-state index contributed by atoms with van der Waals surface area (Å²) >= 11 is 0. The van der Waals surface area contributed by atoms with Crippen molar-refractivity contribution in [2.45, 2.75) is 9.79 Å². The van der Waals surface area contributed by atoms with Gasteiger partial charge in [-0.05, 0) is 23.3 Å². The summed E-state index contributed by atoms with van der Waals surface area (Å²) in [5.41, 5.74) is 1.43. The second-order valence-corrected chi connectivity index (χ2v) is 8.69. The first-order valence-electron chi connectivity index (χ1n) is 7.53. The highest BCUT2D eigenvalue weighted by Crippen LogP contribution is 2.40. The van der Waals surface area contributed by atoms with Gasteiger partial charge < -0.3 is 0 Å². The third kappa shape index (κ3) is 3.54. The molecule has 0 unspecified atom stereocenters. The minimum Gasteiger partial charge on any atom is -0.225 e. The Bertz CT molecular complexity index is 1060. The van der Waals surface area contributed by atoms with Gasteiger partial charge in [0.25, 0.3) is 0 Å². The average Bonchev–Trinajstić information content (AvgIpc) is 2.60. The molecule has 3 rings (SSSR count). The standard InChI is InChI=1S/C18H16N2O4S2/c19-25(21,22)15-11-12-16(26(20,23)24)18(14-9-5-2-6-10-14)17(15)13-7-3-1-4-8-13/h1-12H,(H2,19,21,22)(H2,20,23,24). The van der Waals surface area contributed by atoms with Crippen molar-refractivity contribution in [1.82, 2.24) is 0 Å². The van der Waals surface area contributed by atoms with Crippen LogP contribution < -0.4 is 10.3 Å². The molecule has 0 radical (unpaired) electrons. The lowest BCUT2D eigenvalue weighted by Crippen LogP contribution is -2.18. The second-order valence-electron chi connectivity index (χ2n) is 5.63. The van der Waals surface area contributed by atoms with E-state index in [0.29, 0.717) is 11.1 Å². The van der Waals surface area contributed by atoms with Crippen LogP contribution in [-0.2, 0) is 20.0 Å². The molecule has 0 aliphatic rings. The number of hydrogen-bond donors (Lipinski definition) is 2. The Morgan fingerprint density at radius 3 is 1.08 bits per heavy atom. The fourth-order valence-corrected chi connectivity index (χ4v) is 4.35. The quantitative estimate of drug-likeness (QED) is 0.712. The highest BCUT2D eigenvalue weighted by atomic mass is 32.2. The predicted octanol–water partition coefficient (Wildman–Crippen LogP) is 2.32. The number of benzene rings is 3. The third-order valence-corrected chi connectivity index (χ3v) is 5.77. The number of rotatable bonds is 4. The van der Waals surface area contributed by atoms with E-state index >= 15 is 0 Å². The lowest BCUT2D eigenvalue weighted by atomic mass is 9.94. The van der Waals surface area contributed by atoms with Crippen molar-refractivity contribution in [3.05, 3.63) is 72.8 Å². The molecular weight excluding hydrogens is 372 g/mol. The topological polar surface area (TPSA) is 120 Å². The zero-order chi connectivity index (χ0) is 18.9. The molecule has 8 heteroatoms. The van der Waals surface area contributed by atoms with E-state index in [0.717, 1.165) is 0 Å². The van der Waals surface area contributed by atoms with Crippen LogP contribution in [0.3, 0.4) is 0 Å². The van der Waals surface area contributed by atoms with Crippen molar-refractivity contribution in [3.8, 4) is 22.3 Å². The van der Waals surface area contributed by atoms with E-state index < -0.39 is 20.0 Å². The van der Waals surface area contributed by atoms with Gasteiger partial charge in [0, 0.05) is 11.1 Å². The molecule has 0 bridgehead atoms. The maximum atomic E-state index is 12.2. The first kappa shape index (κ1) is 18.3. The smallest absolute Gasteiger partial charge is 0.225 e. The van der Waals surface area contributed by atoms with Gasteiger partial charge in [-0.2, -0.15) is 0 Å². The van der Waals surface area contributed by atoms with Crippen LogP contribution in [-0.4, -0.2) is 16.8 Å². The number of primary sulfonamides is 2. The van der Waals surface area contributed by atoms with Crippen LogP contribution in [0.5, 0.6) is 0 Å². The first-order chi connectivity index (χ1) is 12.2. The molecule has 3 aromatic rings. The molecule has 0 amide bonds. The van der Waals surface area contributed by atoms with Gasteiger partial charge in [-0.3, -0.25) is 0 Å². The molecule has 0 aromatic heterocycles. The molecular formula is C18H16N2O4S2. The van der Waals surface area contributed by atoms with E-state index in [1.807, 2.05) is 0 Å². The largest absolute Gasteiger partial charge is 0.238 e. The summed E-state index contributed by atoms with van der Waals surface area (Å²) in [5.74, 6) is 0. The number of hydrogen-bond acceptors (Lipinski definition) is 4. The SMILES string of the molecule is NS(=O)(=O)c1ccc(S(N)(=O)=O)c(-c2ccccc2)c1-c1ccccc1. The van der Waals surface area contributed by atoms with Crippen LogP contribution in [0.4, 0.5) is 0 Å². The van der Waals surface area contributed by atoms with E-state index in [4.69, 9.17) is 10.3 Å². The molecule has 0 heterocycles. The molecule has 0 aliphatic heterocycles. The fraction of sp³-hybridized carbons (Fsp3) is 0. The van der Waals surface area contributed by atoms with Crippen molar-refractivity contribution >= 4 is 20.0 Å². The maximum Gasteiger partial charge on any atom is 0.238 e. The van der Waals surface area contributed by atoms with Crippen LogP contribution in [0.2, 0.25) is 0 Å². The van der Waals surface area contributed by atoms with Gasteiger partial charge in [0.15, 0.2) is 0 Å². The van der Waals surface area contributed by atoms with E-state index in [9.17, 15) is 16.8 Å². The molecule has 0 spiro atoms. The highest BCUT2D eigenvalue weighted by Gasteiger charge is 2.26. The van der Waals surface area contributed by atoms with E-state index in [2.05, 4.69) is 0 Å². The molecule has 0 saturated heterocycles. The number of sulfonamides is 2. The Morgan fingerprint density at radius 2 is 0.808 bits per heavy atom. The van der Waals surface area contributed by atoms with Crippen molar-refractivity contribution in [3.63, 3.8) is 0 Å². The highest BCUT2D eigenvalue weighted by molar-refractivity contribution is 7.89. The van der Waals surface area contributed by atoms with Gasteiger partial charge in [0.2, 0.25) is 20.0 Å². The molecule has 0 saturated carbocycles. The zero-order valence-corrected chi connectivity index (χ0v) is 15.2. The van der Waals surface area contributed by atoms with Gasteiger partial charge in [-0.25, -0.2) is 27.1 Å². The second kappa shape index (κ2) is 6.65. The van der Waals surface area contributed by atoms with Gasteiger partial charge in [0.1, 0.15) is 0 Å². The molecule has 26 heavy (non-hydrogen) atoms. The zero-order valence-electron chi connectivity index (χ0n) is 13.5. The van der Waals surface area contributed by atoms with Crippen LogP contribution in [0, 0.1) is 0 Å². The molecule has 0 fully saturated rings. The summed E-state index contributed by atoms with van der Waals surface area (Å²) in [5, 5.41) is 10.8. The summed E-state index contributed by atoms with van der Waals surface area (Å²) in [4.78, 5) is -0.343. The fourth-order valence-electron chi connectivity index (χ4n) is 2.82. The third-order valence-electron chi connectivity index (χ3n) is 3.87. The van der Waals surface area contributed by atoms with Crippen molar-refractivity contribution in [1.29, 1.82) is 0 Å². The Morgan fingerprint density at radius 1 is 0.500 bits per heavy atom. The van der Waals surface area contributed by atoms with Crippen molar-refractivity contribution in [2.24, 2.45) is 10.3 Å². The predicted molar refractivity (Wildman–Crippen MR) is 100 cm³/mol. The van der Waals surface area contributed by atoms with Gasteiger partial charge in [-0.1, -0.05) is 60.7 Å². The van der Waals surface area contributed by atoms with Gasteiger partial charge in [0.05, 0.1) is 9.79 Å². The molecule has 3 aromatic carbocycles. The molecule has 4 N–H and O–H groups in total. The summed E-state index contributed by atoms with van der Waals surface area (Å²) in [7, 11) is -8.22. The lowest BCUT2D eigenvalue weighted by molar-refractivity contribution is 0.594. The normalized spacial score (nSPS) is 12.1. The average molecular weight is 388 g/mol. The van der Waals surface area contributed by atoms with Crippen LogP contribution in [0.15, 0.2) is 82.6 Å². The van der Waals surface area contributed by atoms with E-state index in [1.165, 1.54) is 12.1 Å². The maximum absolute atomic E-state index is 12.2. The minimum absolute atomic E-state index is 0.171. The van der Waals surface area contributed by atoms with Crippen LogP contribution in [0.25, 0.3) is 22.3 Å². The molecule has 0 atom stereocenters. The summed E-state index contributed by atoms with van der Waals surface area (Å²) in [6, 6.07) is 19.5. The van der Waals surface area contributed by atoms with E-state index in [-0.39, 0.29) is 20.9 Å². The molecule has 6 nitrogen and oxygen atoms in total. The summed E-state index contributed by atoms with van der Waals surface area (Å²) in [6.07, 6.45) is 0. The van der Waals surface area contributed by atoms with Crippen LogP contribution in [0.1, 0.15) is 0 Å². The van der Waals surface area contributed by atoms with Crippen molar-refractivity contribution in [2.75, 3.05) is 0 Å². The number of nitrogens with two attached hydrogens (primary N) is 2. The van der Waals surface area contributed by atoms with Crippen LogP contribution >= 0.6 is 0 Å². The lowest BCUT2D eigenvalue weighted by Gasteiger charge is -2.18. The van der Waals surface area contributed by atoms with E-state index in [1.54, 1.807) is 60.7 Å². The Hall–Kier alpha value is -2.52. The monoisotopic (exact) mass is 388 g/mol. The first-order valence-corrected chi connectivity index (χ1v) is 10.6. The summed E-state index contributed by atoms with van der Waals surface area (Å²) < 4.78 is 48.7.